The zero-order valence-corrected chi connectivity index (χ0v) is 13.6. The van der Waals surface area contributed by atoms with Crippen LogP contribution in [0.4, 0.5) is 0 Å². The smallest absolute Gasteiger partial charge is 0.138 e. The number of nitrogens with one attached hydrogen (secondary N) is 1. The molecular formula is C18H24N4O. The largest absolute Gasteiger partial charge is 0.378 e. The van der Waals surface area contributed by atoms with Gasteiger partial charge in [-0.1, -0.05) is 18.6 Å². The monoisotopic (exact) mass is 312 g/mol. The molecule has 0 bridgehead atoms. The van der Waals surface area contributed by atoms with E-state index in [0.717, 1.165) is 25.3 Å². The summed E-state index contributed by atoms with van der Waals surface area (Å²) in [6, 6.07) is 9.12. The summed E-state index contributed by atoms with van der Waals surface area (Å²) in [4.78, 5) is 3.98. The minimum absolute atomic E-state index is 0.427. The maximum atomic E-state index is 5.92. The van der Waals surface area contributed by atoms with Crippen molar-refractivity contribution in [3.8, 4) is 5.69 Å². The molecule has 0 unspecified atom stereocenters. The van der Waals surface area contributed by atoms with Crippen molar-refractivity contribution in [3.63, 3.8) is 0 Å². The van der Waals surface area contributed by atoms with Gasteiger partial charge in [-0.05, 0) is 43.9 Å². The lowest BCUT2D eigenvalue weighted by Gasteiger charge is -2.61. The molecule has 23 heavy (non-hydrogen) atoms. The van der Waals surface area contributed by atoms with Crippen LogP contribution in [0.1, 0.15) is 38.2 Å². The molecule has 1 heterocycles. The lowest BCUT2D eigenvalue weighted by Crippen LogP contribution is -2.66. The number of hydrogen-bond acceptors (Lipinski definition) is 4. The highest BCUT2D eigenvalue weighted by atomic mass is 16.5. The van der Waals surface area contributed by atoms with Crippen molar-refractivity contribution in [1.82, 2.24) is 20.1 Å². The number of ether oxygens (including phenoxy) is 1. The van der Waals surface area contributed by atoms with Crippen molar-refractivity contribution in [3.05, 3.63) is 42.5 Å². The summed E-state index contributed by atoms with van der Waals surface area (Å²) >= 11 is 0. The summed E-state index contributed by atoms with van der Waals surface area (Å²) in [6.07, 6.45) is 8.91. The van der Waals surface area contributed by atoms with E-state index in [1.54, 1.807) is 17.3 Å². The van der Waals surface area contributed by atoms with Crippen LogP contribution in [0.2, 0.25) is 0 Å². The van der Waals surface area contributed by atoms with Crippen LogP contribution in [0.15, 0.2) is 36.9 Å². The average Bonchev–Trinajstić information content (AvgIpc) is 3.03. The Morgan fingerprint density at radius 2 is 2.13 bits per heavy atom. The van der Waals surface area contributed by atoms with Gasteiger partial charge in [0.15, 0.2) is 0 Å². The van der Waals surface area contributed by atoms with E-state index < -0.39 is 0 Å². The number of nitrogens with zero attached hydrogens (tertiary/aromatic N) is 3. The Bertz CT molecular complexity index is 634. The molecule has 4 rings (SSSR count). The molecule has 1 N–H and O–H groups in total. The third kappa shape index (κ3) is 2.58. The van der Waals surface area contributed by atoms with E-state index in [4.69, 9.17) is 4.74 Å². The molecule has 1 spiro atoms. The molecule has 0 aliphatic heterocycles. The number of rotatable bonds is 6. The molecule has 5 heteroatoms. The van der Waals surface area contributed by atoms with Crippen molar-refractivity contribution in [1.29, 1.82) is 0 Å². The van der Waals surface area contributed by atoms with Gasteiger partial charge in [0.1, 0.15) is 12.7 Å². The van der Waals surface area contributed by atoms with Crippen LogP contribution in [0, 0.1) is 5.41 Å². The molecule has 2 aliphatic rings. The Kier molecular flexibility index (Phi) is 3.91. The zero-order chi connectivity index (χ0) is 15.7. The van der Waals surface area contributed by atoms with E-state index in [-0.39, 0.29) is 0 Å². The summed E-state index contributed by atoms with van der Waals surface area (Å²) in [5, 5.41) is 7.91. The van der Waals surface area contributed by atoms with Crippen LogP contribution in [0.5, 0.6) is 0 Å². The van der Waals surface area contributed by atoms with Gasteiger partial charge in [-0.3, -0.25) is 0 Å². The van der Waals surface area contributed by atoms with Crippen molar-refractivity contribution in [2.24, 2.45) is 5.41 Å². The summed E-state index contributed by atoms with van der Waals surface area (Å²) in [7, 11) is 0. The Balaban J connectivity index is 1.35. The highest BCUT2D eigenvalue weighted by molar-refractivity contribution is 5.33. The molecule has 5 nitrogen and oxygen atoms in total. The summed E-state index contributed by atoms with van der Waals surface area (Å²) < 4.78 is 7.70. The molecule has 2 saturated carbocycles. The fourth-order valence-corrected chi connectivity index (χ4v) is 4.07. The van der Waals surface area contributed by atoms with E-state index in [1.807, 2.05) is 0 Å². The minimum Gasteiger partial charge on any atom is -0.378 e. The third-order valence-corrected chi connectivity index (χ3v) is 5.61. The van der Waals surface area contributed by atoms with Crippen LogP contribution in [-0.2, 0) is 11.3 Å². The quantitative estimate of drug-likeness (QED) is 0.891. The first-order valence-electron chi connectivity index (χ1n) is 8.61. The number of benzene rings is 1. The van der Waals surface area contributed by atoms with E-state index in [9.17, 15) is 0 Å². The van der Waals surface area contributed by atoms with Crippen LogP contribution in [-0.4, -0.2) is 33.5 Å². The van der Waals surface area contributed by atoms with Gasteiger partial charge in [-0.15, -0.1) is 0 Å². The predicted molar refractivity (Wildman–Crippen MR) is 88.3 cm³/mol. The van der Waals surface area contributed by atoms with Gasteiger partial charge in [0.05, 0.1) is 11.8 Å². The zero-order valence-electron chi connectivity index (χ0n) is 13.6. The van der Waals surface area contributed by atoms with Crippen molar-refractivity contribution in [2.75, 3.05) is 6.61 Å². The van der Waals surface area contributed by atoms with Crippen LogP contribution in [0.3, 0.4) is 0 Å². The first-order chi connectivity index (χ1) is 11.3. The predicted octanol–water partition coefficient (Wildman–Crippen LogP) is 2.70. The lowest BCUT2D eigenvalue weighted by atomic mass is 9.51. The molecule has 1 aromatic heterocycles. The molecule has 2 fully saturated rings. The molecule has 0 amide bonds. The van der Waals surface area contributed by atoms with Gasteiger partial charge < -0.3 is 10.1 Å². The normalized spacial score (nSPS) is 25.1. The van der Waals surface area contributed by atoms with Crippen molar-refractivity contribution < 1.29 is 4.74 Å². The standard InChI is InChI=1S/C18H24N4O/c1-2-23-17-10-16(18(17)8-3-9-18)20-11-14-4-6-15(7-5-14)22-13-19-12-21-22/h4-7,12-13,16-17,20H,2-3,8-11H2,1H3/t16-,17+/m1/s1. The SMILES string of the molecule is CCO[C@H]1C[C@@H](NCc2ccc(-n3cncn3)cc2)C12CCC2. The first-order valence-corrected chi connectivity index (χ1v) is 8.61. The minimum atomic E-state index is 0.427. The summed E-state index contributed by atoms with van der Waals surface area (Å²) in [5.74, 6) is 0. The molecule has 0 radical (unpaired) electrons. The Labute approximate surface area is 137 Å². The fourth-order valence-electron chi connectivity index (χ4n) is 4.07. The van der Waals surface area contributed by atoms with Gasteiger partial charge >= 0.3 is 0 Å². The summed E-state index contributed by atoms with van der Waals surface area (Å²) in [5.41, 5.74) is 2.78. The van der Waals surface area contributed by atoms with Crippen LogP contribution in [0.25, 0.3) is 5.69 Å². The van der Waals surface area contributed by atoms with Gasteiger partial charge in [0.2, 0.25) is 0 Å². The Morgan fingerprint density at radius 3 is 2.74 bits per heavy atom. The number of aromatic nitrogens is 3. The van der Waals surface area contributed by atoms with E-state index in [2.05, 4.69) is 46.6 Å². The van der Waals surface area contributed by atoms with E-state index in [1.165, 1.54) is 24.8 Å². The first kappa shape index (κ1) is 14.8. The highest BCUT2D eigenvalue weighted by Crippen LogP contribution is 2.57. The topological polar surface area (TPSA) is 52.0 Å². The molecule has 2 atom stereocenters. The van der Waals surface area contributed by atoms with Crippen LogP contribution >= 0.6 is 0 Å². The molecule has 0 saturated heterocycles. The molecule has 2 aliphatic carbocycles. The average molecular weight is 312 g/mol. The second-order valence-electron chi connectivity index (χ2n) is 6.71. The second kappa shape index (κ2) is 6.06. The summed E-state index contributed by atoms with van der Waals surface area (Å²) in [6.45, 7) is 3.86. The second-order valence-corrected chi connectivity index (χ2v) is 6.71. The maximum Gasteiger partial charge on any atom is 0.138 e. The Hall–Kier alpha value is -1.72. The fraction of sp³-hybridized carbons (Fsp3) is 0.556. The molecular weight excluding hydrogens is 288 g/mol. The van der Waals surface area contributed by atoms with Crippen LogP contribution < -0.4 is 5.32 Å². The van der Waals surface area contributed by atoms with Gasteiger partial charge in [-0.25, -0.2) is 9.67 Å². The van der Waals surface area contributed by atoms with Crippen molar-refractivity contribution in [2.45, 2.75) is 51.3 Å². The molecule has 1 aromatic carbocycles. The lowest BCUT2D eigenvalue weighted by molar-refractivity contribution is -0.173. The van der Waals surface area contributed by atoms with Crippen molar-refractivity contribution >= 4 is 0 Å². The van der Waals surface area contributed by atoms with E-state index >= 15 is 0 Å². The van der Waals surface area contributed by atoms with Gasteiger partial charge in [-0.2, -0.15) is 5.10 Å². The molecule has 2 aromatic rings. The Morgan fingerprint density at radius 1 is 1.30 bits per heavy atom. The van der Waals surface area contributed by atoms with Gasteiger partial charge in [0.25, 0.3) is 0 Å². The molecule has 122 valence electrons. The van der Waals surface area contributed by atoms with Gasteiger partial charge in [0, 0.05) is 24.6 Å². The third-order valence-electron chi connectivity index (χ3n) is 5.61. The number of hydrogen-bond donors (Lipinski definition) is 1. The maximum absolute atomic E-state index is 5.92. The van der Waals surface area contributed by atoms with E-state index in [0.29, 0.717) is 17.6 Å². The highest BCUT2D eigenvalue weighted by Gasteiger charge is 2.58.